The van der Waals surface area contributed by atoms with E-state index in [-0.39, 0.29) is 6.61 Å². The Kier molecular flexibility index (Phi) is 6.91. The van der Waals surface area contributed by atoms with Crippen molar-refractivity contribution in [1.29, 1.82) is 0 Å². The third kappa shape index (κ3) is 5.81. The minimum Gasteiger partial charge on any atom is -0.445 e. The minimum atomic E-state index is -0.414. The van der Waals surface area contributed by atoms with Crippen LogP contribution in [0.15, 0.2) is 54.6 Å². The molecule has 2 aromatic carbocycles. The Morgan fingerprint density at radius 3 is 2.54 bits per heavy atom. The Balaban J connectivity index is 1.73. The van der Waals surface area contributed by atoms with Gasteiger partial charge in [-0.2, -0.15) is 0 Å². The van der Waals surface area contributed by atoms with Crippen LogP contribution in [-0.2, 0) is 11.3 Å². The number of benzene rings is 2. The second-order valence-corrected chi connectivity index (χ2v) is 5.78. The van der Waals surface area contributed by atoms with Gasteiger partial charge < -0.3 is 10.1 Å². The van der Waals surface area contributed by atoms with E-state index in [2.05, 4.69) is 37.1 Å². The molecule has 0 aliphatic heterocycles. The molecule has 0 aliphatic rings. The second kappa shape index (κ2) is 9.42. The number of hydrogen-bond acceptors (Lipinski definition) is 2. The first-order valence-corrected chi connectivity index (χ1v) is 8.19. The van der Waals surface area contributed by atoms with Crippen molar-refractivity contribution < 1.29 is 9.53 Å². The van der Waals surface area contributed by atoms with Crippen LogP contribution in [0.2, 0.25) is 0 Å². The van der Waals surface area contributed by atoms with Crippen LogP contribution < -0.4 is 5.32 Å². The Bertz CT molecular complexity index is 711. The summed E-state index contributed by atoms with van der Waals surface area (Å²) in [5.41, 5.74) is 3.28. The van der Waals surface area contributed by atoms with Gasteiger partial charge >= 0.3 is 6.09 Å². The van der Waals surface area contributed by atoms with Crippen molar-refractivity contribution >= 4 is 6.09 Å². The van der Waals surface area contributed by atoms with E-state index in [1.807, 2.05) is 48.5 Å². The number of rotatable bonds is 5. The average Bonchev–Trinajstić information content (AvgIpc) is 2.61. The molecule has 2 rings (SSSR count). The van der Waals surface area contributed by atoms with Crippen molar-refractivity contribution in [2.75, 3.05) is 6.54 Å². The van der Waals surface area contributed by atoms with Crippen molar-refractivity contribution in [2.45, 2.75) is 32.8 Å². The fraction of sp³-hybridized carbons (Fsp3) is 0.286. The second-order valence-electron chi connectivity index (χ2n) is 5.78. The lowest BCUT2D eigenvalue weighted by Gasteiger charge is -2.07. The van der Waals surface area contributed by atoms with E-state index in [1.54, 1.807) is 0 Å². The fourth-order valence-corrected chi connectivity index (χ4v) is 2.27. The Labute approximate surface area is 144 Å². The van der Waals surface area contributed by atoms with E-state index in [1.165, 1.54) is 5.56 Å². The molecule has 1 amide bonds. The van der Waals surface area contributed by atoms with Gasteiger partial charge in [0.1, 0.15) is 6.61 Å². The molecule has 2 aromatic rings. The van der Waals surface area contributed by atoms with E-state index in [4.69, 9.17) is 4.74 Å². The van der Waals surface area contributed by atoms with Crippen LogP contribution in [0, 0.1) is 11.8 Å². The van der Waals surface area contributed by atoms with Gasteiger partial charge in [0.05, 0.1) is 0 Å². The van der Waals surface area contributed by atoms with Gasteiger partial charge in [0.15, 0.2) is 0 Å². The number of hydrogen-bond donors (Lipinski definition) is 1. The Hall–Kier alpha value is -2.73. The molecule has 0 bridgehead atoms. The summed E-state index contributed by atoms with van der Waals surface area (Å²) in [5.74, 6) is 6.74. The smallest absolute Gasteiger partial charge is 0.407 e. The molecule has 0 fully saturated rings. The van der Waals surface area contributed by atoms with Gasteiger partial charge in [-0.1, -0.05) is 74.2 Å². The van der Waals surface area contributed by atoms with Crippen LogP contribution in [0.3, 0.4) is 0 Å². The summed E-state index contributed by atoms with van der Waals surface area (Å²) >= 11 is 0. The number of carbonyl (C=O) groups excluding carboxylic acids is 1. The summed E-state index contributed by atoms with van der Waals surface area (Å²) in [4.78, 5) is 11.6. The first-order valence-electron chi connectivity index (χ1n) is 8.19. The largest absolute Gasteiger partial charge is 0.445 e. The van der Waals surface area contributed by atoms with E-state index in [0.717, 1.165) is 11.1 Å². The highest BCUT2D eigenvalue weighted by Gasteiger charge is 2.03. The molecular weight excluding hydrogens is 298 g/mol. The molecule has 0 unspecified atom stereocenters. The number of carbonyl (C=O) groups is 1. The van der Waals surface area contributed by atoms with Crippen LogP contribution in [0.25, 0.3) is 0 Å². The maximum Gasteiger partial charge on any atom is 0.407 e. The van der Waals surface area contributed by atoms with E-state index in [0.29, 0.717) is 18.9 Å². The maximum atomic E-state index is 11.6. The number of amides is 1. The monoisotopic (exact) mass is 321 g/mol. The van der Waals surface area contributed by atoms with Crippen molar-refractivity contribution in [3.05, 3.63) is 71.3 Å². The fourth-order valence-electron chi connectivity index (χ4n) is 2.27. The Morgan fingerprint density at radius 2 is 1.79 bits per heavy atom. The van der Waals surface area contributed by atoms with Crippen LogP contribution in [0.5, 0.6) is 0 Å². The van der Waals surface area contributed by atoms with E-state index < -0.39 is 6.09 Å². The van der Waals surface area contributed by atoms with Gasteiger partial charge in [0.2, 0.25) is 0 Å². The SMILES string of the molecule is CC(C)c1ccccc1C#CCCNC(=O)OCc1ccccc1. The normalized spacial score (nSPS) is 9.96. The number of ether oxygens (including phenoxy) is 1. The van der Waals surface area contributed by atoms with Crippen molar-refractivity contribution in [3.63, 3.8) is 0 Å². The summed E-state index contributed by atoms with van der Waals surface area (Å²) in [7, 11) is 0. The predicted molar refractivity (Wildman–Crippen MR) is 96.7 cm³/mol. The molecule has 0 aliphatic carbocycles. The van der Waals surface area contributed by atoms with Crippen LogP contribution in [0.1, 0.15) is 42.9 Å². The lowest BCUT2D eigenvalue weighted by molar-refractivity contribution is 0.140. The summed E-state index contributed by atoms with van der Waals surface area (Å²) in [6.07, 6.45) is 0.176. The lowest BCUT2D eigenvalue weighted by Crippen LogP contribution is -2.24. The standard InChI is InChI=1S/C21H23NO2/c1-17(2)20-14-7-6-12-19(20)13-8-9-15-22-21(23)24-16-18-10-4-3-5-11-18/h3-7,10-12,14,17H,9,15-16H2,1-2H3,(H,22,23). The van der Waals surface area contributed by atoms with Crippen molar-refractivity contribution in [1.82, 2.24) is 5.32 Å². The summed E-state index contributed by atoms with van der Waals surface area (Å²) in [5, 5.41) is 2.71. The quantitative estimate of drug-likeness (QED) is 0.651. The van der Waals surface area contributed by atoms with Gasteiger partial charge in [-0.25, -0.2) is 4.79 Å². The molecule has 0 saturated carbocycles. The minimum absolute atomic E-state index is 0.278. The van der Waals surface area contributed by atoms with Gasteiger partial charge in [-0.15, -0.1) is 0 Å². The zero-order valence-electron chi connectivity index (χ0n) is 14.2. The molecule has 3 nitrogen and oxygen atoms in total. The molecule has 24 heavy (non-hydrogen) atoms. The van der Waals surface area contributed by atoms with Crippen molar-refractivity contribution in [2.24, 2.45) is 0 Å². The summed E-state index contributed by atoms with van der Waals surface area (Å²) in [6.45, 7) is 5.07. The highest BCUT2D eigenvalue weighted by atomic mass is 16.5. The van der Waals surface area contributed by atoms with Crippen LogP contribution in [-0.4, -0.2) is 12.6 Å². The van der Waals surface area contributed by atoms with Crippen LogP contribution >= 0.6 is 0 Å². The van der Waals surface area contributed by atoms with Gasteiger partial charge in [0, 0.05) is 18.5 Å². The van der Waals surface area contributed by atoms with Crippen molar-refractivity contribution in [3.8, 4) is 11.8 Å². The lowest BCUT2D eigenvalue weighted by atomic mass is 9.97. The molecule has 0 saturated heterocycles. The number of nitrogens with one attached hydrogen (secondary N) is 1. The Morgan fingerprint density at radius 1 is 1.08 bits per heavy atom. The molecule has 0 heterocycles. The van der Waals surface area contributed by atoms with E-state index in [9.17, 15) is 4.79 Å². The highest BCUT2D eigenvalue weighted by molar-refractivity contribution is 5.67. The number of alkyl carbamates (subject to hydrolysis) is 1. The highest BCUT2D eigenvalue weighted by Crippen LogP contribution is 2.17. The third-order valence-electron chi connectivity index (χ3n) is 3.54. The molecule has 0 spiro atoms. The zero-order valence-corrected chi connectivity index (χ0v) is 14.2. The topological polar surface area (TPSA) is 38.3 Å². The first-order chi connectivity index (χ1) is 11.7. The molecule has 0 aromatic heterocycles. The van der Waals surface area contributed by atoms with Gasteiger partial charge in [-0.05, 0) is 23.1 Å². The molecule has 0 radical (unpaired) electrons. The molecular formula is C21H23NO2. The molecule has 1 N–H and O–H groups in total. The molecule has 0 atom stereocenters. The first kappa shape index (κ1) is 17.6. The molecule has 124 valence electrons. The van der Waals surface area contributed by atoms with Gasteiger partial charge in [0.25, 0.3) is 0 Å². The van der Waals surface area contributed by atoms with E-state index >= 15 is 0 Å². The van der Waals surface area contributed by atoms with Gasteiger partial charge in [-0.3, -0.25) is 0 Å². The average molecular weight is 321 g/mol. The molecule has 3 heteroatoms. The maximum absolute atomic E-state index is 11.6. The third-order valence-corrected chi connectivity index (χ3v) is 3.54. The predicted octanol–water partition coefficient (Wildman–Crippen LogP) is 4.48. The summed E-state index contributed by atoms with van der Waals surface area (Å²) in [6, 6.07) is 17.8. The summed E-state index contributed by atoms with van der Waals surface area (Å²) < 4.78 is 5.15. The van der Waals surface area contributed by atoms with Crippen LogP contribution in [0.4, 0.5) is 4.79 Å². The zero-order chi connectivity index (χ0) is 17.2.